The molecule has 1 aliphatic heterocycles. The second kappa shape index (κ2) is 10.9. The highest BCUT2D eigenvalue weighted by molar-refractivity contribution is 9.10. The van der Waals surface area contributed by atoms with Crippen LogP contribution >= 0.6 is 27.3 Å². The van der Waals surface area contributed by atoms with Crippen LogP contribution in [0.25, 0.3) is 0 Å². The summed E-state index contributed by atoms with van der Waals surface area (Å²) in [6.45, 7) is 12.0. The standard InChI is InChI=1S/C30H35BrN2O2S/c1-20(2)18-32(29(35)22-7-6-8-24(31)17-22)19-27(34)33-15-13-26-25(14-16-36-26)28(33)21-9-11-23(12-10-21)30(3,4)5/h6-12,14,16-17,20,28H,13,15,18-19H2,1-5H3. The Kier molecular flexibility index (Phi) is 8.06. The fraction of sp³-hybridized carbons (Fsp3) is 0.400. The van der Waals surface area contributed by atoms with Gasteiger partial charge in [-0.15, -0.1) is 11.3 Å². The Morgan fingerprint density at radius 1 is 1.11 bits per heavy atom. The minimum absolute atomic E-state index is 0.0132. The Labute approximate surface area is 227 Å². The molecular weight excluding hydrogens is 532 g/mol. The van der Waals surface area contributed by atoms with Gasteiger partial charge in [0.1, 0.15) is 6.54 Å². The summed E-state index contributed by atoms with van der Waals surface area (Å²) in [5, 5.41) is 2.12. The van der Waals surface area contributed by atoms with E-state index in [-0.39, 0.29) is 35.7 Å². The maximum Gasteiger partial charge on any atom is 0.254 e. The summed E-state index contributed by atoms with van der Waals surface area (Å²) in [5.41, 5.74) is 4.25. The first-order valence-electron chi connectivity index (χ1n) is 12.6. The largest absolute Gasteiger partial charge is 0.330 e. The number of benzene rings is 2. The van der Waals surface area contributed by atoms with Gasteiger partial charge in [0, 0.05) is 28.0 Å². The van der Waals surface area contributed by atoms with Crippen LogP contribution in [0.2, 0.25) is 0 Å². The van der Waals surface area contributed by atoms with E-state index in [1.807, 2.05) is 29.2 Å². The molecule has 0 spiro atoms. The molecule has 36 heavy (non-hydrogen) atoms. The maximum absolute atomic E-state index is 13.9. The molecule has 0 radical (unpaired) electrons. The van der Waals surface area contributed by atoms with Crippen molar-refractivity contribution in [3.05, 3.63) is 91.6 Å². The molecule has 0 bridgehead atoms. The second-order valence-electron chi connectivity index (χ2n) is 11.0. The number of carbonyl (C=O) groups is 2. The highest BCUT2D eigenvalue weighted by Crippen LogP contribution is 2.38. The van der Waals surface area contributed by atoms with Crippen LogP contribution in [0.15, 0.2) is 64.5 Å². The maximum atomic E-state index is 13.9. The molecule has 6 heteroatoms. The molecule has 0 fully saturated rings. The van der Waals surface area contributed by atoms with E-state index in [9.17, 15) is 9.59 Å². The van der Waals surface area contributed by atoms with Crippen molar-refractivity contribution in [1.29, 1.82) is 0 Å². The Bertz CT molecular complexity index is 1230. The van der Waals surface area contributed by atoms with Crippen LogP contribution in [-0.2, 0) is 16.6 Å². The van der Waals surface area contributed by atoms with Crippen molar-refractivity contribution < 1.29 is 9.59 Å². The number of thiophene rings is 1. The summed E-state index contributed by atoms with van der Waals surface area (Å²) in [6.07, 6.45) is 0.846. The van der Waals surface area contributed by atoms with Crippen molar-refractivity contribution >= 4 is 39.1 Å². The summed E-state index contributed by atoms with van der Waals surface area (Å²) < 4.78 is 0.851. The topological polar surface area (TPSA) is 40.6 Å². The first-order valence-corrected chi connectivity index (χ1v) is 14.2. The van der Waals surface area contributed by atoms with Gasteiger partial charge in [0.2, 0.25) is 5.91 Å². The van der Waals surface area contributed by atoms with Gasteiger partial charge in [0.15, 0.2) is 0 Å². The van der Waals surface area contributed by atoms with E-state index in [4.69, 9.17) is 0 Å². The average Bonchev–Trinajstić information content (AvgIpc) is 3.30. The van der Waals surface area contributed by atoms with E-state index < -0.39 is 0 Å². The molecule has 4 rings (SSSR count). The van der Waals surface area contributed by atoms with E-state index in [1.165, 1.54) is 16.0 Å². The van der Waals surface area contributed by atoms with Crippen LogP contribution in [0.4, 0.5) is 0 Å². The van der Waals surface area contributed by atoms with E-state index >= 15 is 0 Å². The fourth-order valence-corrected chi connectivity index (χ4v) is 6.13. The summed E-state index contributed by atoms with van der Waals surface area (Å²) in [5.74, 6) is 0.123. The zero-order chi connectivity index (χ0) is 26.0. The van der Waals surface area contributed by atoms with E-state index in [1.54, 1.807) is 16.2 Å². The Balaban J connectivity index is 1.63. The third-order valence-corrected chi connectivity index (χ3v) is 8.14. The first-order chi connectivity index (χ1) is 17.0. The molecule has 0 N–H and O–H groups in total. The van der Waals surface area contributed by atoms with Crippen molar-refractivity contribution in [2.45, 2.75) is 52.5 Å². The number of fused-ring (bicyclic) bond motifs is 1. The summed E-state index contributed by atoms with van der Waals surface area (Å²) in [4.78, 5) is 32.3. The molecule has 3 aromatic rings. The number of hydrogen-bond acceptors (Lipinski definition) is 3. The van der Waals surface area contributed by atoms with Crippen molar-refractivity contribution in [3.8, 4) is 0 Å². The minimum atomic E-state index is -0.136. The Morgan fingerprint density at radius 3 is 2.47 bits per heavy atom. The lowest BCUT2D eigenvalue weighted by Gasteiger charge is -2.38. The summed E-state index contributed by atoms with van der Waals surface area (Å²) in [6, 6.07) is 18.1. The van der Waals surface area contributed by atoms with E-state index in [0.717, 1.165) is 16.5 Å². The number of rotatable bonds is 6. The zero-order valence-electron chi connectivity index (χ0n) is 21.8. The number of halogens is 1. The van der Waals surface area contributed by atoms with E-state index in [0.29, 0.717) is 18.7 Å². The molecule has 1 unspecified atom stereocenters. The Morgan fingerprint density at radius 2 is 1.83 bits per heavy atom. The molecule has 4 nitrogen and oxygen atoms in total. The molecule has 2 aromatic carbocycles. The van der Waals surface area contributed by atoms with Crippen molar-refractivity contribution in [2.24, 2.45) is 5.92 Å². The Hall–Kier alpha value is -2.44. The molecular formula is C30H35BrN2O2S. The molecule has 0 aliphatic carbocycles. The second-order valence-corrected chi connectivity index (χ2v) is 12.9. The van der Waals surface area contributed by atoms with Crippen LogP contribution in [0, 0.1) is 5.92 Å². The van der Waals surface area contributed by atoms with Crippen molar-refractivity contribution in [1.82, 2.24) is 9.80 Å². The van der Waals surface area contributed by atoms with Gasteiger partial charge in [-0.25, -0.2) is 0 Å². The van der Waals surface area contributed by atoms with Gasteiger partial charge in [-0.3, -0.25) is 9.59 Å². The number of nitrogens with zero attached hydrogens (tertiary/aromatic N) is 2. The lowest BCUT2D eigenvalue weighted by molar-refractivity contribution is -0.134. The van der Waals surface area contributed by atoms with Crippen molar-refractivity contribution in [2.75, 3.05) is 19.6 Å². The summed E-state index contributed by atoms with van der Waals surface area (Å²) >= 11 is 5.23. The van der Waals surface area contributed by atoms with Gasteiger partial charge >= 0.3 is 0 Å². The van der Waals surface area contributed by atoms with Gasteiger partial charge in [0.05, 0.1) is 6.04 Å². The van der Waals surface area contributed by atoms with Crippen LogP contribution in [0.1, 0.15) is 72.6 Å². The van der Waals surface area contributed by atoms with Crippen molar-refractivity contribution in [3.63, 3.8) is 0 Å². The van der Waals surface area contributed by atoms with E-state index in [2.05, 4.69) is 86.3 Å². The number of hydrogen-bond donors (Lipinski definition) is 0. The lowest BCUT2D eigenvalue weighted by atomic mass is 9.85. The molecule has 0 saturated carbocycles. The fourth-order valence-electron chi connectivity index (χ4n) is 4.83. The van der Waals surface area contributed by atoms with Crippen LogP contribution in [0.5, 0.6) is 0 Å². The average molecular weight is 568 g/mol. The highest BCUT2D eigenvalue weighted by Gasteiger charge is 2.34. The normalized spacial score (nSPS) is 15.6. The highest BCUT2D eigenvalue weighted by atomic mass is 79.9. The first kappa shape index (κ1) is 26.6. The third kappa shape index (κ3) is 5.92. The van der Waals surface area contributed by atoms with Gasteiger partial charge in [-0.1, -0.05) is 80.9 Å². The van der Waals surface area contributed by atoms with Crippen LogP contribution in [0.3, 0.4) is 0 Å². The number of amides is 2. The molecule has 2 heterocycles. The van der Waals surface area contributed by atoms with Gasteiger partial charge in [-0.05, 0) is 64.1 Å². The monoisotopic (exact) mass is 566 g/mol. The summed E-state index contributed by atoms with van der Waals surface area (Å²) in [7, 11) is 0. The molecule has 1 aliphatic rings. The predicted octanol–water partition coefficient (Wildman–Crippen LogP) is 7.08. The minimum Gasteiger partial charge on any atom is -0.330 e. The quantitative estimate of drug-likeness (QED) is 0.320. The zero-order valence-corrected chi connectivity index (χ0v) is 24.2. The SMILES string of the molecule is CC(C)CN(CC(=O)N1CCc2sccc2C1c1ccc(C(C)(C)C)cc1)C(=O)c1cccc(Br)c1. The molecule has 1 aromatic heterocycles. The molecule has 190 valence electrons. The predicted molar refractivity (Wildman–Crippen MR) is 152 cm³/mol. The molecule has 1 atom stereocenters. The molecule has 0 saturated heterocycles. The van der Waals surface area contributed by atoms with Crippen LogP contribution < -0.4 is 0 Å². The van der Waals surface area contributed by atoms with Crippen LogP contribution in [-0.4, -0.2) is 41.2 Å². The third-order valence-electron chi connectivity index (χ3n) is 6.65. The van der Waals surface area contributed by atoms with Gasteiger partial charge < -0.3 is 9.80 Å². The number of carbonyl (C=O) groups excluding carboxylic acids is 2. The van der Waals surface area contributed by atoms with Gasteiger partial charge in [-0.2, -0.15) is 0 Å². The molecule has 2 amide bonds. The lowest BCUT2D eigenvalue weighted by Crippen LogP contribution is -2.47. The van der Waals surface area contributed by atoms with Gasteiger partial charge in [0.25, 0.3) is 5.91 Å². The smallest absolute Gasteiger partial charge is 0.254 e.